The summed E-state index contributed by atoms with van der Waals surface area (Å²) >= 11 is 0. The lowest BCUT2D eigenvalue weighted by atomic mass is 9.78. The number of nitrogens with zero attached hydrogens (tertiary/aromatic N) is 3. The van der Waals surface area contributed by atoms with Crippen molar-refractivity contribution in [1.29, 1.82) is 5.26 Å². The van der Waals surface area contributed by atoms with Gasteiger partial charge in [-0.3, -0.25) is 9.78 Å². The third-order valence-electron chi connectivity index (χ3n) is 7.11. The van der Waals surface area contributed by atoms with Crippen molar-refractivity contribution in [3.63, 3.8) is 0 Å². The number of carbonyl (C=O) groups excluding carboxylic acids is 1. The van der Waals surface area contributed by atoms with Crippen molar-refractivity contribution >= 4 is 11.6 Å². The van der Waals surface area contributed by atoms with Crippen LogP contribution < -0.4 is 21.3 Å². The number of nitrogens with two attached hydrogens (primary N) is 1. The zero-order valence-corrected chi connectivity index (χ0v) is 21.6. The lowest BCUT2D eigenvalue weighted by molar-refractivity contribution is -0.137. The van der Waals surface area contributed by atoms with Crippen molar-refractivity contribution in [2.24, 2.45) is 5.73 Å². The molecule has 0 radical (unpaired) electrons. The van der Waals surface area contributed by atoms with Crippen LogP contribution in [0, 0.1) is 11.3 Å². The Hall–Kier alpha value is -3.88. The van der Waals surface area contributed by atoms with Crippen LogP contribution in [-0.2, 0) is 21.4 Å². The molecule has 1 aromatic heterocycles. The molecule has 2 aliphatic rings. The number of nitriles is 1. The van der Waals surface area contributed by atoms with Crippen LogP contribution in [0.3, 0.4) is 0 Å². The van der Waals surface area contributed by atoms with E-state index in [1.165, 1.54) is 6.07 Å². The van der Waals surface area contributed by atoms with Crippen molar-refractivity contribution in [2.45, 2.75) is 43.6 Å². The Labute approximate surface area is 225 Å². The standard InChI is InChI=1S/C28H31F3N6O2/c1-2-39-27(23-4-3-13-34-18-23)9-7-22(19-35-27)26(36-25(38)8-12-32)10-14-37(15-11-26)24-6-5-21(28(29,30)31)16-20(24)17-33/h3-7,9,13,16,18-19,35H,2,8,10-12,14-15,32H2,1H3,(H,36,38). The van der Waals surface area contributed by atoms with Gasteiger partial charge in [0.25, 0.3) is 0 Å². The first kappa shape index (κ1) is 28.1. The van der Waals surface area contributed by atoms with Gasteiger partial charge in [0, 0.05) is 56.8 Å². The molecule has 8 nitrogen and oxygen atoms in total. The average molecular weight is 541 g/mol. The van der Waals surface area contributed by atoms with Gasteiger partial charge < -0.3 is 26.0 Å². The Balaban J connectivity index is 1.60. The molecule has 0 aliphatic carbocycles. The first-order valence-electron chi connectivity index (χ1n) is 12.8. The quantitative estimate of drug-likeness (QED) is 0.468. The fourth-order valence-corrected chi connectivity index (χ4v) is 5.10. The van der Waals surface area contributed by atoms with Crippen LogP contribution in [0.5, 0.6) is 0 Å². The van der Waals surface area contributed by atoms with E-state index in [0.717, 1.165) is 23.3 Å². The molecule has 4 N–H and O–H groups in total. The van der Waals surface area contributed by atoms with Gasteiger partial charge in [-0.1, -0.05) is 12.1 Å². The Morgan fingerprint density at radius 2 is 2.08 bits per heavy atom. The number of amides is 1. The van der Waals surface area contributed by atoms with Gasteiger partial charge in [-0.05, 0) is 55.7 Å². The summed E-state index contributed by atoms with van der Waals surface area (Å²) in [6.07, 6.45) is 5.61. The minimum atomic E-state index is -4.53. The summed E-state index contributed by atoms with van der Waals surface area (Å²) in [5, 5.41) is 16.1. The molecule has 0 saturated carbocycles. The number of benzene rings is 1. The lowest BCUT2D eigenvalue weighted by Crippen LogP contribution is -2.57. The van der Waals surface area contributed by atoms with Crippen molar-refractivity contribution < 1.29 is 22.7 Å². The van der Waals surface area contributed by atoms with Gasteiger partial charge in [0.1, 0.15) is 6.07 Å². The van der Waals surface area contributed by atoms with Crippen LogP contribution in [0.15, 0.2) is 66.7 Å². The molecule has 206 valence electrons. The third kappa shape index (κ3) is 5.92. The zero-order valence-electron chi connectivity index (χ0n) is 21.6. The van der Waals surface area contributed by atoms with E-state index in [9.17, 15) is 23.2 Å². The second-order valence-corrected chi connectivity index (χ2v) is 9.49. The number of alkyl halides is 3. The molecular formula is C28H31F3N6O2. The first-order valence-corrected chi connectivity index (χ1v) is 12.8. The van der Waals surface area contributed by atoms with Crippen LogP contribution >= 0.6 is 0 Å². The Morgan fingerprint density at radius 1 is 1.31 bits per heavy atom. The molecule has 1 saturated heterocycles. The Morgan fingerprint density at radius 3 is 2.64 bits per heavy atom. The van der Waals surface area contributed by atoms with Gasteiger partial charge >= 0.3 is 6.18 Å². The summed E-state index contributed by atoms with van der Waals surface area (Å²) in [5.41, 5.74) is 5.13. The number of ether oxygens (including phenoxy) is 1. The molecule has 11 heteroatoms. The number of dihydropyridines is 1. The number of aromatic nitrogens is 1. The summed E-state index contributed by atoms with van der Waals surface area (Å²) in [5.74, 6) is -0.193. The van der Waals surface area contributed by atoms with Crippen LogP contribution in [0.4, 0.5) is 18.9 Å². The number of piperidine rings is 1. The third-order valence-corrected chi connectivity index (χ3v) is 7.11. The molecule has 4 rings (SSSR count). The molecular weight excluding hydrogens is 509 g/mol. The van der Waals surface area contributed by atoms with Gasteiger partial charge in [0.2, 0.25) is 5.91 Å². The fraction of sp³-hybridized carbons (Fsp3) is 0.393. The van der Waals surface area contributed by atoms with E-state index in [2.05, 4.69) is 15.6 Å². The van der Waals surface area contributed by atoms with Gasteiger partial charge in [-0.25, -0.2) is 0 Å². The van der Waals surface area contributed by atoms with Gasteiger partial charge in [0.15, 0.2) is 5.72 Å². The number of pyridine rings is 1. The van der Waals surface area contributed by atoms with Crippen LogP contribution in [0.25, 0.3) is 0 Å². The van der Waals surface area contributed by atoms with Crippen LogP contribution in [0.2, 0.25) is 0 Å². The van der Waals surface area contributed by atoms with E-state index < -0.39 is 23.0 Å². The second kappa shape index (κ2) is 11.5. The molecule has 0 bridgehead atoms. The topological polar surface area (TPSA) is 116 Å². The number of rotatable bonds is 8. The van der Waals surface area contributed by atoms with Crippen molar-refractivity contribution in [3.8, 4) is 6.07 Å². The molecule has 2 aromatic rings. The number of nitrogens with one attached hydrogen (secondary N) is 2. The highest BCUT2D eigenvalue weighted by molar-refractivity contribution is 5.78. The number of anilines is 1. The van der Waals surface area contributed by atoms with Gasteiger partial charge in [-0.2, -0.15) is 18.4 Å². The smallest absolute Gasteiger partial charge is 0.370 e. The fourth-order valence-electron chi connectivity index (χ4n) is 5.10. The molecule has 1 unspecified atom stereocenters. The molecule has 1 amide bonds. The molecule has 3 heterocycles. The van der Waals surface area contributed by atoms with E-state index >= 15 is 0 Å². The maximum Gasteiger partial charge on any atom is 0.416 e. The molecule has 39 heavy (non-hydrogen) atoms. The minimum absolute atomic E-state index is 0.0408. The van der Waals surface area contributed by atoms with Crippen LogP contribution in [0.1, 0.15) is 42.9 Å². The number of hydrogen-bond donors (Lipinski definition) is 3. The monoisotopic (exact) mass is 540 g/mol. The Bertz CT molecular complexity index is 1280. The Kier molecular flexibility index (Phi) is 8.28. The highest BCUT2D eigenvalue weighted by Crippen LogP contribution is 2.38. The number of carbonyl (C=O) groups is 1. The van der Waals surface area contributed by atoms with Crippen molar-refractivity contribution in [1.82, 2.24) is 15.6 Å². The molecule has 1 atom stereocenters. The largest absolute Gasteiger partial charge is 0.416 e. The van der Waals surface area contributed by atoms with Gasteiger partial charge in [0.05, 0.1) is 22.4 Å². The maximum absolute atomic E-state index is 13.2. The predicted octanol–water partition coefficient (Wildman–Crippen LogP) is 3.71. The predicted molar refractivity (Wildman–Crippen MR) is 140 cm³/mol. The molecule has 0 spiro atoms. The second-order valence-electron chi connectivity index (χ2n) is 9.49. The van der Waals surface area contributed by atoms with E-state index in [0.29, 0.717) is 38.2 Å². The summed E-state index contributed by atoms with van der Waals surface area (Å²) in [6.45, 7) is 3.36. The number of halogens is 3. The highest BCUT2D eigenvalue weighted by Gasteiger charge is 2.42. The van der Waals surface area contributed by atoms with Crippen molar-refractivity contribution in [3.05, 3.63) is 83.3 Å². The normalized spacial score (nSPS) is 20.5. The maximum atomic E-state index is 13.2. The first-order chi connectivity index (χ1) is 18.7. The summed E-state index contributed by atoms with van der Waals surface area (Å²) in [7, 11) is 0. The van der Waals surface area contributed by atoms with Crippen LogP contribution in [-0.4, -0.2) is 42.7 Å². The summed E-state index contributed by atoms with van der Waals surface area (Å²) in [6, 6.07) is 8.84. The van der Waals surface area contributed by atoms with E-state index in [1.54, 1.807) is 12.4 Å². The summed E-state index contributed by atoms with van der Waals surface area (Å²) < 4.78 is 45.6. The minimum Gasteiger partial charge on any atom is -0.370 e. The van der Waals surface area contributed by atoms with E-state index in [1.807, 2.05) is 48.4 Å². The lowest BCUT2D eigenvalue weighted by Gasteiger charge is -2.46. The van der Waals surface area contributed by atoms with Crippen molar-refractivity contribution in [2.75, 3.05) is 31.1 Å². The van der Waals surface area contributed by atoms with E-state index in [4.69, 9.17) is 10.5 Å². The van der Waals surface area contributed by atoms with Gasteiger partial charge in [-0.15, -0.1) is 0 Å². The number of hydrogen-bond acceptors (Lipinski definition) is 7. The average Bonchev–Trinajstić information content (AvgIpc) is 2.94. The molecule has 2 aliphatic heterocycles. The summed E-state index contributed by atoms with van der Waals surface area (Å²) in [4.78, 5) is 18.8. The zero-order chi connectivity index (χ0) is 28.1. The molecule has 1 fully saturated rings. The molecule has 1 aromatic carbocycles. The highest BCUT2D eigenvalue weighted by atomic mass is 19.4. The SMILES string of the molecule is CCOC1(c2cccnc2)C=CC(C2(NC(=O)CCN)CCN(c3ccc(C(F)(F)F)cc3C#N)CC2)=CN1. The van der Waals surface area contributed by atoms with E-state index in [-0.39, 0.29) is 24.4 Å².